The van der Waals surface area contributed by atoms with Gasteiger partial charge in [-0.2, -0.15) is 0 Å². The number of amides is 4. The average molecular weight is 523 g/mol. The molecule has 1 unspecified atom stereocenters. The second-order valence-corrected chi connectivity index (χ2v) is 11.6. The van der Waals surface area contributed by atoms with Gasteiger partial charge in [-0.05, 0) is 88.2 Å². The van der Waals surface area contributed by atoms with E-state index >= 15 is 0 Å². The Labute approximate surface area is 223 Å². The third-order valence-electron chi connectivity index (χ3n) is 9.22. The maximum Gasteiger partial charge on any atom is 0.255 e. The van der Waals surface area contributed by atoms with Crippen LogP contribution in [-0.2, 0) is 20.9 Å². The molecule has 204 valence electrons. The molecule has 0 bridgehead atoms. The van der Waals surface area contributed by atoms with Crippen LogP contribution in [0.4, 0.5) is 0 Å². The molecule has 1 aromatic rings. The minimum Gasteiger partial charge on any atom is -0.489 e. The van der Waals surface area contributed by atoms with Crippen LogP contribution in [-0.4, -0.2) is 82.7 Å². The lowest BCUT2D eigenvalue weighted by Crippen LogP contribution is -2.52. The number of ether oxygens (including phenoxy) is 1. The maximum absolute atomic E-state index is 13.0. The summed E-state index contributed by atoms with van der Waals surface area (Å²) in [7, 11) is 0. The quantitative estimate of drug-likeness (QED) is 0.597. The molecule has 1 N–H and O–H groups in total. The molecule has 4 amide bonds. The van der Waals surface area contributed by atoms with Gasteiger partial charge in [0.1, 0.15) is 17.9 Å². The van der Waals surface area contributed by atoms with E-state index in [1.807, 2.05) is 18.2 Å². The second kappa shape index (κ2) is 10.7. The van der Waals surface area contributed by atoms with Crippen LogP contribution >= 0.6 is 0 Å². The van der Waals surface area contributed by atoms with E-state index in [9.17, 15) is 19.2 Å². The van der Waals surface area contributed by atoms with E-state index in [1.165, 1.54) is 6.42 Å². The number of hydrogen-bond donors (Lipinski definition) is 1. The summed E-state index contributed by atoms with van der Waals surface area (Å²) >= 11 is 0. The van der Waals surface area contributed by atoms with Gasteiger partial charge in [-0.3, -0.25) is 29.4 Å². The van der Waals surface area contributed by atoms with Gasteiger partial charge < -0.3 is 14.5 Å². The smallest absolute Gasteiger partial charge is 0.255 e. The predicted octanol–water partition coefficient (Wildman–Crippen LogP) is 2.47. The van der Waals surface area contributed by atoms with Crippen molar-refractivity contribution in [3.8, 4) is 5.75 Å². The first-order valence-electron chi connectivity index (χ1n) is 14.4. The van der Waals surface area contributed by atoms with Gasteiger partial charge in [0.05, 0.1) is 0 Å². The van der Waals surface area contributed by atoms with Crippen LogP contribution in [0.1, 0.15) is 80.1 Å². The van der Waals surface area contributed by atoms with Crippen LogP contribution in [0.25, 0.3) is 0 Å². The van der Waals surface area contributed by atoms with Crippen molar-refractivity contribution >= 4 is 23.6 Å². The van der Waals surface area contributed by atoms with Crippen molar-refractivity contribution in [2.75, 3.05) is 26.2 Å². The minimum atomic E-state index is -0.611. The third-order valence-corrected chi connectivity index (χ3v) is 9.22. The number of likely N-dealkylation sites (tertiary alicyclic amines) is 2. The van der Waals surface area contributed by atoms with E-state index < -0.39 is 11.9 Å². The molecule has 0 radical (unpaired) electrons. The zero-order valence-corrected chi connectivity index (χ0v) is 22.0. The van der Waals surface area contributed by atoms with Crippen LogP contribution in [0, 0.1) is 5.92 Å². The summed E-state index contributed by atoms with van der Waals surface area (Å²) in [6.45, 7) is 4.08. The number of carbonyl (C=O) groups is 4. The molecular formula is C29H38N4O5. The standard InChI is InChI=1S/C29H38N4O5/c34-26-10-9-24(27(35)30-26)33-18-20-17-21(7-8-22(20)29(33)37)38-25-6-2-1-5-23(25)31-15-11-19(12-16-31)28(36)32-13-3-4-14-32/h7-8,17,19,23-25H,1-6,9-16,18H2,(H,30,34,35)/t23-,24?,25+/m1/s1. The normalized spacial score (nSPS) is 28.9. The van der Waals surface area contributed by atoms with E-state index in [4.69, 9.17) is 4.74 Å². The molecular weight excluding hydrogens is 484 g/mol. The van der Waals surface area contributed by atoms with Crippen molar-refractivity contribution in [3.63, 3.8) is 0 Å². The Balaban J connectivity index is 1.09. The molecule has 0 aromatic heterocycles. The molecule has 1 saturated carbocycles. The molecule has 5 aliphatic rings. The molecule has 38 heavy (non-hydrogen) atoms. The maximum atomic E-state index is 13.0. The predicted molar refractivity (Wildman–Crippen MR) is 139 cm³/mol. The first-order valence-corrected chi connectivity index (χ1v) is 14.4. The lowest BCUT2D eigenvalue weighted by Gasteiger charge is -2.43. The topological polar surface area (TPSA) is 99.3 Å². The first-order chi connectivity index (χ1) is 18.5. The van der Waals surface area contributed by atoms with Crippen molar-refractivity contribution in [2.24, 2.45) is 5.92 Å². The summed E-state index contributed by atoms with van der Waals surface area (Å²) in [5.41, 5.74) is 1.47. The Morgan fingerprint density at radius 2 is 1.66 bits per heavy atom. The Morgan fingerprint density at radius 1 is 0.895 bits per heavy atom. The largest absolute Gasteiger partial charge is 0.489 e. The van der Waals surface area contributed by atoms with Crippen LogP contribution < -0.4 is 10.1 Å². The van der Waals surface area contributed by atoms with Gasteiger partial charge in [0.15, 0.2) is 0 Å². The van der Waals surface area contributed by atoms with Crippen LogP contribution in [0.5, 0.6) is 5.75 Å². The lowest BCUT2D eigenvalue weighted by molar-refractivity contribution is -0.137. The van der Waals surface area contributed by atoms with E-state index in [0.717, 1.165) is 82.4 Å². The summed E-state index contributed by atoms with van der Waals surface area (Å²) in [6, 6.07) is 5.36. The van der Waals surface area contributed by atoms with Crippen molar-refractivity contribution in [3.05, 3.63) is 29.3 Å². The second-order valence-electron chi connectivity index (χ2n) is 11.6. The number of piperidine rings is 2. The zero-order chi connectivity index (χ0) is 26.2. The number of benzene rings is 1. The van der Waals surface area contributed by atoms with Gasteiger partial charge in [-0.1, -0.05) is 6.42 Å². The summed E-state index contributed by atoms with van der Waals surface area (Å²) in [5, 5.41) is 2.36. The van der Waals surface area contributed by atoms with Crippen molar-refractivity contribution in [2.45, 2.75) is 88.9 Å². The average Bonchev–Trinajstić information content (AvgIpc) is 3.57. The van der Waals surface area contributed by atoms with Gasteiger partial charge in [0, 0.05) is 43.6 Å². The lowest BCUT2D eigenvalue weighted by atomic mass is 9.87. The number of nitrogens with zero attached hydrogens (tertiary/aromatic N) is 3. The summed E-state index contributed by atoms with van der Waals surface area (Å²) in [5.74, 6) is 0.442. The third kappa shape index (κ3) is 4.93. The molecule has 1 aromatic carbocycles. The highest BCUT2D eigenvalue weighted by molar-refractivity contribution is 6.05. The molecule has 4 aliphatic heterocycles. The van der Waals surface area contributed by atoms with E-state index in [-0.39, 0.29) is 30.3 Å². The van der Waals surface area contributed by atoms with Gasteiger partial charge in [-0.25, -0.2) is 0 Å². The summed E-state index contributed by atoms with van der Waals surface area (Å²) < 4.78 is 6.58. The Morgan fingerprint density at radius 3 is 2.42 bits per heavy atom. The minimum absolute atomic E-state index is 0.0796. The summed E-state index contributed by atoms with van der Waals surface area (Å²) in [6.07, 6.45) is 9.23. The fourth-order valence-corrected chi connectivity index (χ4v) is 7.11. The van der Waals surface area contributed by atoms with E-state index in [1.54, 1.807) is 4.90 Å². The fourth-order valence-electron chi connectivity index (χ4n) is 7.11. The van der Waals surface area contributed by atoms with Crippen LogP contribution in [0.3, 0.4) is 0 Å². The number of nitrogens with one attached hydrogen (secondary N) is 1. The van der Waals surface area contributed by atoms with Crippen molar-refractivity contribution in [1.29, 1.82) is 0 Å². The molecule has 1 aliphatic carbocycles. The molecule has 3 atom stereocenters. The van der Waals surface area contributed by atoms with E-state index in [2.05, 4.69) is 15.1 Å². The van der Waals surface area contributed by atoms with Gasteiger partial charge in [0.2, 0.25) is 17.7 Å². The van der Waals surface area contributed by atoms with Crippen LogP contribution in [0.2, 0.25) is 0 Å². The molecule has 6 rings (SSSR count). The van der Waals surface area contributed by atoms with Crippen molar-refractivity contribution < 1.29 is 23.9 Å². The monoisotopic (exact) mass is 522 g/mol. The Hall–Kier alpha value is -2.94. The molecule has 9 heteroatoms. The Bertz CT molecular complexity index is 1110. The first kappa shape index (κ1) is 25.3. The number of imide groups is 1. The Kier molecular flexibility index (Phi) is 7.12. The van der Waals surface area contributed by atoms with Crippen LogP contribution in [0.15, 0.2) is 18.2 Å². The molecule has 9 nitrogen and oxygen atoms in total. The molecule has 4 heterocycles. The fraction of sp³-hybridized carbons (Fsp3) is 0.655. The van der Waals surface area contributed by atoms with Gasteiger partial charge in [-0.15, -0.1) is 0 Å². The molecule has 4 fully saturated rings. The van der Waals surface area contributed by atoms with Gasteiger partial charge >= 0.3 is 0 Å². The summed E-state index contributed by atoms with van der Waals surface area (Å²) in [4.78, 5) is 56.0. The SMILES string of the molecule is O=C1CCC(N2Cc3cc(O[C@H]4CCCC[C@H]4N4CCC(C(=O)N5CCCC5)CC4)ccc3C2=O)C(=O)N1. The number of hydrogen-bond acceptors (Lipinski definition) is 6. The zero-order valence-electron chi connectivity index (χ0n) is 22.0. The highest BCUT2D eigenvalue weighted by Crippen LogP contribution is 2.34. The molecule has 3 saturated heterocycles. The number of fused-ring (bicyclic) bond motifs is 1. The molecule has 0 spiro atoms. The highest BCUT2D eigenvalue weighted by Gasteiger charge is 2.40. The number of carbonyl (C=O) groups excluding carboxylic acids is 4. The van der Waals surface area contributed by atoms with Crippen molar-refractivity contribution in [1.82, 2.24) is 20.0 Å². The number of rotatable bonds is 5. The highest BCUT2D eigenvalue weighted by atomic mass is 16.5. The van der Waals surface area contributed by atoms with Gasteiger partial charge in [0.25, 0.3) is 5.91 Å². The van der Waals surface area contributed by atoms with E-state index in [0.29, 0.717) is 30.5 Å².